The summed E-state index contributed by atoms with van der Waals surface area (Å²) in [4.78, 5) is 3.54. The predicted octanol–water partition coefficient (Wildman–Crippen LogP) is -1.09. The zero-order chi connectivity index (χ0) is 9.14. The van der Waals surface area contributed by atoms with E-state index in [1.54, 1.807) is 0 Å². The molecule has 1 aromatic heterocycles. The summed E-state index contributed by atoms with van der Waals surface area (Å²) in [6.45, 7) is 0. The van der Waals surface area contributed by atoms with E-state index in [2.05, 4.69) is 9.72 Å². The molecular weight excluding hydrogens is 164 g/mol. The molecule has 12 heavy (non-hydrogen) atoms. The van der Waals surface area contributed by atoms with E-state index in [1.807, 2.05) is 0 Å². The number of aromatic nitrogens is 1. The van der Waals surface area contributed by atoms with E-state index in [9.17, 15) is 4.39 Å². The van der Waals surface area contributed by atoms with Crippen molar-refractivity contribution in [2.45, 2.75) is 0 Å². The highest BCUT2D eigenvalue weighted by Gasteiger charge is 2.21. The largest absolute Gasteiger partial charge is 0.512 e. The van der Waals surface area contributed by atoms with Crippen molar-refractivity contribution in [3.63, 3.8) is 0 Å². The minimum absolute atomic E-state index is 0.225. The van der Waals surface area contributed by atoms with Gasteiger partial charge in [-0.25, -0.2) is 4.39 Å². The van der Waals surface area contributed by atoms with E-state index in [-0.39, 0.29) is 11.3 Å². The van der Waals surface area contributed by atoms with Crippen molar-refractivity contribution in [2.24, 2.45) is 0 Å². The Labute approximate surface area is 68.8 Å². The van der Waals surface area contributed by atoms with Gasteiger partial charge in [-0.1, -0.05) is 0 Å². The van der Waals surface area contributed by atoms with E-state index in [4.69, 9.17) is 10.0 Å². The Hall–Kier alpha value is -1.14. The molecule has 0 atom stereocenters. The molecule has 1 heterocycles. The third-order valence-corrected chi connectivity index (χ3v) is 1.33. The van der Waals surface area contributed by atoms with Gasteiger partial charge in [0.15, 0.2) is 11.6 Å². The highest BCUT2D eigenvalue weighted by atomic mass is 19.1. The molecule has 6 heteroatoms. The maximum absolute atomic E-state index is 12.8. The van der Waals surface area contributed by atoms with Crippen LogP contribution in [0.4, 0.5) is 4.39 Å². The summed E-state index contributed by atoms with van der Waals surface area (Å²) in [5.74, 6) is -0.914. The van der Waals surface area contributed by atoms with Crippen LogP contribution in [0.15, 0.2) is 12.3 Å². The topological polar surface area (TPSA) is 62.6 Å². The summed E-state index contributed by atoms with van der Waals surface area (Å²) in [7, 11) is -0.595. The van der Waals surface area contributed by atoms with Crippen LogP contribution in [0, 0.1) is 5.82 Å². The molecule has 0 unspecified atom stereocenters. The smallest absolute Gasteiger partial charge is 0.492 e. The number of pyridine rings is 1. The van der Waals surface area contributed by atoms with Crippen molar-refractivity contribution in [3.8, 4) is 5.75 Å². The fourth-order valence-corrected chi connectivity index (χ4v) is 0.826. The molecule has 0 fully saturated rings. The Morgan fingerprint density at radius 2 is 2.25 bits per heavy atom. The number of methoxy groups -OCH3 is 1. The quantitative estimate of drug-likeness (QED) is 0.555. The predicted molar refractivity (Wildman–Crippen MR) is 40.6 cm³/mol. The maximum atomic E-state index is 12.8. The monoisotopic (exact) mass is 171 g/mol. The zero-order valence-electron chi connectivity index (χ0n) is 6.36. The lowest BCUT2D eigenvalue weighted by Crippen LogP contribution is -2.34. The fraction of sp³-hybridized carbons (Fsp3) is 0.167. The van der Waals surface area contributed by atoms with Gasteiger partial charge in [0.2, 0.25) is 0 Å². The minimum atomic E-state index is -1.82. The minimum Gasteiger partial charge on any atom is -0.492 e. The van der Waals surface area contributed by atoms with Gasteiger partial charge in [0.1, 0.15) is 5.59 Å². The maximum Gasteiger partial charge on any atom is 0.512 e. The van der Waals surface area contributed by atoms with Crippen LogP contribution in [0.1, 0.15) is 0 Å². The van der Waals surface area contributed by atoms with Crippen LogP contribution in [0.3, 0.4) is 0 Å². The molecule has 0 aliphatic carbocycles. The van der Waals surface area contributed by atoms with Gasteiger partial charge in [0.25, 0.3) is 0 Å². The Morgan fingerprint density at radius 1 is 1.58 bits per heavy atom. The summed E-state index contributed by atoms with van der Waals surface area (Å²) >= 11 is 0. The van der Waals surface area contributed by atoms with Crippen molar-refractivity contribution < 1.29 is 19.2 Å². The van der Waals surface area contributed by atoms with Crippen molar-refractivity contribution in [2.75, 3.05) is 7.11 Å². The fourth-order valence-electron chi connectivity index (χ4n) is 0.826. The average Bonchev–Trinajstić information content (AvgIpc) is 2.03. The molecule has 4 nitrogen and oxygen atoms in total. The summed E-state index contributed by atoms with van der Waals surface area (Å²) < 4.78 is 17.4. The van der Waals surface area contributed by atoms with Crippen molar-refractivity contribution in [1.82, 2.24) is 4.98 Å². The van der Waals surface area contributed by atoms with Gasteiger partial charge in [-0.3, -0.25) is 4.98 Å². The van der Waals surface area contributed by atoms with Crippen LogP contribution < -0.4 is 10.3 Å². The second-order valence-electron chi connectivity index (χ2n) is 2.08. The SMILES string of the molecule is COc1c(F)ccnc1B(O)O. The third-order valence-electron chi connectivity index (χ3n) is 1.33. The number of hydrogen-bond donors (Lipinski definition) is 2. The van der Waals surface area contributed by atoms with Gasteiger partial charge in [0.05, 0.1) is 7.11 Å². The second kappa shape index (κ2) is 3.51. The van der Waals surface area contributed by atoms with Gasteiger partial charge < -0.3 is 14.8 Å². The Bertz CT molecular complexity index is 281. The molecule has 0 saturated carbocycles. The molecular formula is C6H7BFNO3. The molecule has 0 spiro atoms. The third kappa shape index (κ3) is 1.54. The molecule has 0 aromatic carbocycles. The molecule has 0 saturated heterocycles. The Morgan fingerprint density at radius 3 is 2.67 bits per heavy atom. The van der Waals surface area contributed by atoms with Gasteiger partial charge in [-0.05, 0) is 6.07 Å². The number of rotatable bonds is 2. The summed E-state index contributed by atoms with van der Waals surface area (Å²) in [6, 6.07) is 1.07. The zero-order valence-corrected chi connectivity index (χ0v) is 6.36. The van der Waals surface area contributed by atoms with E-state index >= 15 is 0 Å². The molecule has 1 aromatic rings. The van der Waals surface area contributed by atoms with Crippen molar-refractivity contribution in [3.05, 3.63) is 18.1 Å². The molecule has 0 bridgehead atoms. The van der Waals surface area contributed by atoms with E-state index in [0.29, 0.717) is 0 Å². The van der Waals surface area contributed by atoms with Gasteiger partial charge >= 0.3 is 7.12 Å². The van der Waals surface area contributed by atoms with E-state index < -0.39 is 12.9 Å². The van der Waals surface area contributed by atoms with Crippen molar-refractivity contribution >= 4 is 12.7 Å². The van der Waals surface area contributed by atoms with Gasteiger partial charge in [-0.15, -0.1) is 0 Å². The molecule has 0 radical (unpaired) electrons. The number of hydrogen-bond acceptors (Lipinski definition) is 4. The first-order valence-corrected chi connectivity index (χ1v) is 3.21. The van der Waals surface area contributed by atoms with Gasteiger partial charge in [0, 0.05) is 6.20 Å². The lowest BCUT2D eigenvalue weighted by molar-refractivity contribution is 0.379. The number of ether oxygens (including phenoxy) is 1. The van der Waals surface area contributed by atoms with Gasteiger partial charge in [-0.2, -0.15) is 0 Å². The summed E-state index contributed by atoms with van der Waals surface area (Å²) in [5, 5.41) is 17.4. The number of halogens is 1. The van der Waals surface area contributed by atoms with Crippen LogP contribution in [0.5, 0.6) is 5.75 Å². The summed E-state index contributed by atoms with van der Waals surface area (Å²) in [6.07, 6.45) is 1.13. The van der Waals surface area contributed by atoms with Crippen LogP contribution in [-0.4, -0.2) is 29.3 Å². The molecule has 64 valence electrons. The lowest BCUT2D eigenvalue weighted by Gasteiger charge is -2.06. The lowest BCUT2D eigenvalue weighted by atomic mass is 9.85. The first kappa shape index (κ1) is 8.96. The van der Waals surface area contributed by atoms with Crippen molar-refractivity contribution in [1.29, 1.82) is 0 Å². The molecule has 0 amide bonds. The number of nitrogens with zero attached hydrogens (tertiary/aromatic N) is 1. The molecule has 2 N–H and O–H groups in total. The summed E-state index contributed by atoms with van der Waals surface area (Å²) in [5.41, 5.74) is -0.225. The van der Waals surface area contributed by atoms with Crippen LogP contribution >= 0.6 is 0 Å². The second-order valence-corrected chi connectivity index (χ2v) is 2.08. The molecule has 0 aliphatic rings. The highest BCUT2D eigenvalue weighted by Crippen LogP contribution is 2.10. The average molecular weight is 171 g/mol. The Kier molecular flexibility index (Phi) is 2.62. The Balaban J connectivity index is 3.18. The first-order valence-electron chi connectivity index (χ1n) is 3.21. The van der Waals surface area contributed by atoms with E-state index in [1.165, 1.54) is 7.11 Å². The van der Waals surface area contributed by atoms with Crippen LogP contribution in [0.25, 0.3) is 0 Å². The molecule has 1 rings (SSSR count). The van der Waals surface area contributed by atoms with Crippen LogP contribution in [0.2, 0.25) is 0 Å². The standard InChI is InChI=1S/C6H7BFNO3/c1-12-5-4(8)2-3-9-6(5)7(10)11/h2-3,10-11H,1H3. The molecule has 0 aliphatic heterocycles. The van der Waals surface area contributed by atoms with Crippen LogP contribution in [-0.2, 0) is 0 Å². The first-order chi connectivity index (χ1) is 5.66. The normalized spacial score (nSPS) is 9.67. The highest BCUT2D eigenvalue weighted by molar-refractivity contribution is 6.58. The van der Waals surface area contributed by atoms with E-state index in [0.717, 1.165) is 12.3 Å².